The lowest BCUT2D eigenvalue weighted by molar-refractivity contribution is 0.112. The highest BCUT2D eigenvalue weighted by atomic mass is 32.1. The summed E-state index contributed by atoms with van der Waals surface area (Å²) in [6.07, 6.45) is 6.11. The fraction of sp³-hybridized carbons (Fsp3) is 0.235. The Morgan fingerprint density at radius 1 is 1.09 bits per heavy atom. The van der Waals surface area contributed by atoms with E-state index in [1.54, 1.807) is 0 Å². The second-order valence-electron chi connectivity index (χ2n) is 5.13. The van der Waals surface area contributed by atoms with E-state index in [4.69, 9.17) is 0 Å². The number of aryl methyl sites for hydroxylation is 2. The molecule has 0 spiro atoms. The largest absolute Gasteiger partial charge is 0.297 e. The monoisotopic (exact) mass is 311 g/mol. The molecule has 0 fully saturated rings. The molecule has 3 rings (SSSR count). The SMILES string of the molecule is O=Cc1ccc(-c2cn(CCCCc3ccccc3)nn2)s1. The molecule has 0 N–H and O–H groups in total. The summed E-state index contributed by atoms with van der Waals surface area (Å²) in [6, 6.07) is 14.2. The fourth-order valence-corrected chi connectivity index (χ4v) is 3.09. The lowest BCUT2D eigenvalue weighted by Crippen LogP contribution is -1.99. The normalized spacial score (nSPS) is 10.7. The van der Waals surface area contributed by atoms with Gasteiger partial charge >= 0.3 is 0 Å². The third-order valence-corrected chi connectivity index (χ3v) is 4.51. The van der Waals surface area contributed by atoms with Crippen LogP contribution in [0.3, 0.4) is 0 Å². The summed E-state index contributed by atoms with van der Waals surface area (Å²) in [5, 5.41) is 8.34. The van der Waals surface area contributed by atoms with Gasteiger partial charge in [0.25, 0.3) is 0 Å². The van der Waals surface area contributed by atoms with Crippen molar-refractivity contribution in [3.63, 3.8) is 0 Å². The van der Waals surface area contributed by atoms with Crippen molar-refractivity contribution in [1.29, 1.82) is 0 Å². The van der Waals surface area contributed by atoms with Gasteiger partial charge in [-0.05, 0) is 37.0 Å². The number of benzene rings is 1. The first-order chi connectivity index (χ1) is 10.8. The van der Waals surface area contributed by atoms with Crippen LogP contribution >= 0.6 is 11.3 Å². The van der Waals surface area contributed by atoms with Gasteiger partial charge in [0, 0.05) is 6.54 Å². The number of hydrogen-bond acceptors (Lipinski definition) is 4. The molecule has 0 unspecified atom stereocenters. The molecule has 2 heterocycles. The van der Waals surface area contributed by atoms with Crippen molar-refractivity contribution in [3.05, 3.63) is 59.1 Å². The van der Waals surface area contributed by atoms with E-state index in [1.807, 2.05) is 29.1 Å². The summed E-state index contributed by atoms with van der Waals surface area (Å²) >= 11 is 1.44. The zero-order valence-corrected chi connectivity index (χ0v) is 13.0. The van der Waals surface area contributed by atoms with Crippen LogP contribution in [-0.2, 0) is 13.0 Å². The van der Waals surface area contributed by atoms with Crippen molar-refractivity contribution < 1.29 is 4.79 Å². The summed E-state index contributed by atoms with van der Waals surface area (Å²) in [7, 11) is 0. The lowest BCUT2D eigenvalue weighted by Gasteiger charge is -2.01. The molecule has 0 atom stereocenters. The Kier molecular flexibility index (Phi) is 4.75. The maximum atomic E-state index is 10.7. The number of aromatic nitrogens is 3. The predicted octanol–water partition coefficient (Wildman–Crippen LogP) is 3.84. The molecular weight excluding hydrogens is 294 g/mol. The minimum atomic E-state index is 0.715. The van der Waals surface area contributed by atoms with Crippen LogP contribution in [0.1, 0.15) is 28.1 Å². The number of aldehydes is 1. The van der Waals surface area contributed by atoms with Crippen LogP contribution in [0, 0.1) is 0 Å². The van der Waals surface area contributed by atoms with Gasteiger partial charge in [-0.25, -0.2) is 0 Å². The van der Waals surface area contributed by atoms with E-state index in [2.05, 4.69) is 34.6 Å². The summed E-state index contributed by atoms with van der Waals surface area (Å²) in [5.41, 5.74) is 2.21. The Balaban J connectivity index is 1.50. The Bertz CT molecular complexity index is 733. The molecule has 0 bridgehead atoms. The molecule has 0 amide bonds. The standard InChI is InChI=1S/C17H17N3OS/c21-13-15-9-10-17(22-15)16-12-20(19-18-16)11-5-4-8-14-6-2-1-3-7-14/h1-3,6-7,9-10,12-13H,4-5,8,11H2. The van der Waals surface area contributed by atoms with Crippen LogP contribution in [0.2, 0.25) is 0 Å². The van der Waals surface area contributed by atoms with Crippen molar-refractivity contribution >= 4 is 17.6 Å². The molecule has 22 heavy (non-hydrogen) atoms. The first-order valence-corrected chi connectivity index (χ1v) is 8.16. The van der Waals surface area contributed by atoms with Crippen molar-refractivity contribution in [1.82, 2.24) is 15.0 Å². The molecule has 2 aromatic heterocycles. The van der Waals surface area contributed by atoms with Gasteiger partial charge in [0.05, 0.1) is 16.0 Å². The molecule has 3 aromatic rings. The second-order valence-corrected chi connectivity index (χ2v) is 6.24. The van der Waals surface area contributed by atoms with Gasteiger partial charge in [-0.1, -0.05) is 35.5 Å². The molecule has 0 saturated carbocycles. The molecule has 5 heteroatoms. The number of thiophene rings is 1. The third-order valence-electron chi connectivity index (χ3n) is 3.48. The Labute approximate surface area is 133 Å². The number of unbranched alkanes of at least 4 members (excludes halogenated alkanes) is 1. The minimum Gasteiger partial charge on any atom is -0.297 e. The van der Waals surface area contributed by atoms with Crippen LogP contribution in [0.4, 0.5) is 0 Å². The number of rotatable bonds is 7. The molecule has 112 valence electrons. The second kappa shape index (κ2) is 7.13. The smallest absolute Gasteiger partial charge is 0.160 e. The number of nitrogens with zero attached hydrogens (tertiary/aromatic N) is 3. The zero-order valence-electron chi connectivity index (χ0n) is 12.2. The van der Waals surface area contributed by atoms with Gasteiger partial charge in [-0.3, -0.25) is 9.48 Å². The van der Waals surface area contributed by atoms with E-state index in [1.165, 1.54) is 16.9 Å². The van der Waals surface area contributed by atoms with Gasteiger partial charge in [0.15, 0.2) is 6.29 Å². The van der Waals surface area contributed by atoms with E-state index in [-0.39, 0.29) is 0 Å². The average molecular weight is 311 g/mol. The Morgan fingerprint density at radius 2 is 1.95 bits per heavy atom. The Morgan fingerprint density at radius 3 is 2.73 bits per heavy atom. The van der Waals surface area contributed by atoms with E-state index in [0.717, 1.165) is 42.7 Å². The van der Waals surface area contributed by atoms with E-state index < -0.39 is 0 Å². The van der Waals surface area contributed by atoms with Crippen LogP contribution in [0.25, 0.3) is 10.6 Å². The zero-order chi connectivity index (χ0) is 15.2. The molecule has 1 aromatic carbocycles. The van der Waals surface area contributed by atoms with Crippen molar-refractivity contribution in [2.45, 2.75) is 25.8 Å². The van der Waals surface area contributed by atoms with Crippen molar-refractivity contribution in [2.24, 2.45) is 0 Å². The van der Waals surface area contributed by atoms with Gasteiger partial charge in [-0.15, -0.1) is 16.4 Å². The summed E-state index contributed by atoms with van der Waals surface area (Å²) in [4.78, 5) is 12.4. The molecule has 0 aliphatic rings. The lowest BCUT2D eigenvalue weighted by atomic mass is 10.1. The number of hydrogen-bond donors (Lipinski definition) is 0. The first-order valence-electron chi connectivity index (χ1n) is 7.34. The summed E-state index contributed by atoms with van der Waals surface area (Å²) in [6.45, 7) is 0.867. The highest BCUT2D eigenvalue weighted by Gasteiger charge is 2.07. The van der Waals surface area contributed by atoms with Gasteiger partial charge < -0.3 is 0 Å². The van der Waals surface area contributed by atoms with Crippen LogP contribution in [0.5, 0.6) is 0 Å². The van der Waals surface area contributed by atoms with E-state index >= 15 is 0 Å². The summed E-state index contributed by atoms with van der Waals surface area (Å²) in [5.74, 6) is 0. The van der Waals surface area contributed by atoms with E-state index in [9.17, 15) is 4.79 Å². The highest BCUT2D eigenvalue weighted by molar-refractivity contribution is 7.17. The number of carbonyl (C=O) groups excluding carboxylic acids is 1. The minimum absolute atomic E-state index is 0.715. The average Bonchev–Trinajstić information content (AvgIpc) is 3.21. The van der Waals surface area contributed by atoms with E-state index in [0.29, 0.717) is 4.88 Å². The summed E-state index contributed by atoms with van der Waals surface area (Å²) < 4.78 is 1.88. The van der Waals surface area contributed by atoms with Gasteiger partial charge in [0.2, 0.25) is 0 Å². The van der Waals surface area contributed by atoms with Gasteiger partial charge in [0.1, 0.15) is 5.69 Å². The predicted molar refractivity (Wildman–Crippen MR) is 88.1 cm³/mol. The highest BCUT2D eigenvalue weighted by Crippen LogP contribution is 2.25. The van der Waals surface area contributed by atoms with Crippen LogP contribution < -0.4 is 0 Å². The maximum Gasteiger partial charge on any atom is 0.160 e. The topological polar surface area (TPSA) is 47.8 Å². The molecular formula is C17H17N3OS. The van der Waals surface area contributed by atoms with Crippen LogP contribution in [0.15, 0.2) is 48.7 Å². The van der Waals surface area contributed by atoms with Gasteiger partial charge in [-0.2, -0.15) is 0 Å². The number of carbonyl (C=O) groups is 1. The quantitative estimate of drug-likeness (QED) is 0.492. The molecule has 0 aliphatic carbocycles. The fourth-order valence-electron chi connectivity index (χ4n) is 2.32. The molecule has 0 radical (unpaired) electrons. The molecule has 0 saturated heterocycles. The Hall–Kier alpha value is -2.27. The van der Waals surface area contributed by atoms with Crippen molar-refractivity contribution in [3.8, 4) is 10.6 Å². The molecule has 4 nitrogen and oxygen atoms in total. The first kappa shape index (κ1) is 14.7. The maximum absolute atomic E-state index is 10.7. The third kappa shape index (κ3) is 3.68. The van der Waals surface area contributed by atoms with Crippen LogP contribution in [-0.4, -0.2) is 21.3 Å². The van der Waals surface area contributed by atoms with Crippen molar-refractivity contribution in [2.75, 3.05) is 0 Å². The molecule has 0 aliphatic heterocycles.